The molecule has 0 aromatic carbocycles. The number of rotatable bonds is 3. The van der Waals surface area contributed by atoms with Crippen LogP contribution in [-0.4, -0.2) is 26.4 Å². The average molecular weight is 360 g/mol. The number of aromatic nitrogens is 4. The van der Waals surface area contributed by atoms with E-state index >= 15 is 0 Å². The Bertz CT molecular complexity index is 601. The molecule has 20 heavy (non-hydrogen) atoms. The van der Waals surface area contributed by atoms with E-state index in [0.29, 0.717) is 16.2 Å². The van der Waals surface area contributed by atoms with Crippen molar-refractivity contribution in [2.75, 3.05) is 6.61 Å². The van der Waals surface area contributed by atoms with E-state index in [9.17, 15) is 0 Å². The zero-order chi connectivity index (χ0) is 13.9. The first-order chi connectivity index (χ1) is 9.72. The topological polar surface area (TPSA) is 62.1 Å². The highest BCUT2D eigenvalue weighted by Crippen LogP contribution is 2.31. The van der Waals surface area contributed by atoms with Crippen LogP contribution in [0.5, 0.6) is 11.6 Å². The maximum absolute atomic E-state index is 5.72. The third kappa shape index (κ3) is 3.11. The summed E-state index contributed by atoms with van der Waals surface area (Å²) >= 11 is 9.09. The highest BCUT2D eigenvalue weighted by atomic mass is 79.9. The summed E-state index contributed by atoms with van der Waals surface area (Å²) in [4.78, 5) is 7.78. The summed E-state index contributed by atoms with van der Waals surface area (Å²) < 4.78 is 13.7. The number of nitrogens with zero attached hydrogens (tertiary/aromatic N) is 4. The molecule has 1 aliphatic rings. The van der Waals surface area contributed by atoms with Crippen molar-refractivity contribution in [1.29, 1.82) is 0 Å². The average Bonchev–Trinajstić information content (AvgIpc) is 2.81. The van der Waals surface area contributed by atoms with Crippen LogP contribution in [0.2, 0.25) is 5.28 Å². The van der Waals surface area contributed by atoms with E-state index in [1.54, 1.807) is 16.9 Å². The van der Waals surface area contributed by atoms with E-state index in [1.165, 1.54) is 6.20 Å². The van der Waals surface area contributed by atoms with Gasteiger partial charge in [0.2, 0.25) is 11.2 Å². The largest absolute Gasteiger partial charge is 0.434 e. The molecule has 1 saturated heterocycles. The summed E-state index contributed by atoms with van der Waals surface area (Å²) in [6.45, 7) is 0.764. The minimum Gasteiger partial charge on any atom is -0.434 e. The van der Waals surface area contributed by atoms with Crippen molar-refractivity contribution in [1.82, 2.24) is 19.7 Å². The first-order valence-electron chi connectivity index (χ1n) is 6.25. The van der Waals surface area contributed by atoms with Gasteiger partial charge in [-0.25, -0.2) is 9.67 Å². The van der Waals surface area contributed by atoms with Crippen LogP contribution in [0.15, 0.2) is 23.1 Å². The van der Waals surface area contributed by atoms with E-state index in [4.69, 9.17) is 21.1 Å². The highest BCUT2D eigenvalue weighted by Gasteiger charge is 2.19. The predicted octanol–water partition coefficient (Wildman–Crippen LogP) is 3.58. The first-order valence-corrected chi connectivity index (χ1v) is 7.42. The van der Waals surface area contributed by atoms with Crippen LogP contribution in [0, 0.1) is 0 Å². The molecule has 1 aliphatic heterocycles. The van der Waals surface area contributed by atoms with Gasteiger partial charge in [0.15, 0.2) is 10.4 Å². The molecule has 0 amide bonds. The number of hydrogen-bond acceptors (Lipinski definition) is 5. The van der Waals surface area contributed by atoms with Crippen molar-refractivity contribution in [3.05, 3.63) is 28.3 Å². The Morgan fingerprint density at radius 3 is 3.10 bits per heavy atom. The molecule has 0 bridgehead atoms. The van der Waals surface area contributed by atoms with Crippen LogP contribution in [-0.2, 0) is 4.74 Å². The van der Waals surface area contributed by atoms with E-state index in [-0.39, 0.29) is 11.5 Å². The van der Waals surface area contributed by atoms with Crippen LogP contribution in [0.25, 0.3) is 0 Å². The fourth-order valence-corrected chi connectivity index (χ4v) is 2.50. The summed E-state index contributed by atoms with van der Waals surface area (Å²) in [6, 6.07) is 1.63. The van der Waals surface area contributed by atoms with Crippen molar-refractivity contribution in [3.63, 3.8) is 0 Å². The van der Waals surface area contributed by atoms with Crippen LogP contribution in [0.3, 0.4) is 0 Å². The van der Waals surface area contributed by atoms with Gasteiger partial charge in [-0.15, -0.1) is 0 Å². The van der Waals surface area contributed by atoms with Crippen molar-refractivity contribution < 1.29 is 9.47 Å². The molecule has 8 heteroatoms. The van der Waals surface area contributed by atoms with Gasteiger partial charge in [-0.1, -0.05) is 0 Å². The van der Waals surface area contributed by atoms with Crippen molar-refractivity contribution in [3.8, 4) is 11.6 Å². The summed E-state index contributed by atoms with van der Waals surface area (Å²) in [5.41, 5.74) is 0. The SMILES string of the molecule is Clc1nccc(Oc2cn(C3CCCCO3)nc2Br)n1. The van der Waals surface area contributed by atoms with Crippen molar-refractivity contribution in [2.24, 2.45) is 0 Å². The molecule has 106 valence electrons. The lowest BCUT2D eigenvalue weighted by molar-refractivity contribution is -0.0397. The van der Waals surface area contributed by atoms with Crippen LogP contribution < -0.4 is 4.74 Å². The Balaban J connectivity index is 1.78. The van der Waals surface area contributed by atoms with E-state index in [0.717, 1.165) is 25.9 Å². The molecule has 6 nitrogen and oxygen atoms in total. The molecule has 0 saturated carbocycles. The van der Waals surface area contributed by atoms with Gasteiger partial charge in [-0.2, -0.15) is 10.1 Å². The molecule has 0 aliphatic carbocycles. The normalized spacial score (nSPS) is 19.0. The molecular weight excluding hydrogens is 348 g/mol. The first kappa shape index (κ1) is 13.8. The molecular formula is C12H12BrClN4O2. The highest BCUT2D eigenvalue weighted by molar-refractivity contribution is 9.10. The maximum atomic E-state index is 5.72. The van der Waals surface area contributed by atoms with Crippen LogP contribution in [0.1, 0.15) is 25.5 Å². The third-order valence-electron chi connectivity index (χ3n) is 2.92. The summed E-state index contributed by atoms with van der Waals surface area (Å²) in [7, 11) is 0. The van der Waals surface area contributed by atoms with Gasteiger partial charge < -0.3 is 9.47 Å². The lowest BCUT2D eigenvalue weighted by atomic mass is 10.2. The van der Waals surface area contributed by atoms with Crippen LogP contribution in [0.4, 0.5) is 0 Å². The molecule has 1 fully saturated rings. The fraction of sp³-hybridized carbons (Fsp3) is 0.417. The third-order valence-corrected chi connectivity index (χ3v) is 3.65. The summed E-state index contributed by atoms with van der Waals surface area (Å²) in [5, 5.41) is 4.50. The molecule has 3 rings (SSSR count). The minimum absolute atomic E-state index is 0.0358. The van der Waals surface area contributed by atoms with E-state index in [2.05, 4.69) is 31.0 Å². The standard InChI is InChI=1S/C12H12BrClN4O2/c13-11-8(20-9-4-5-15-12(14)16-9)7-18(17-11)10-3-1-2-6-19-10/h4-5,7,10H,1-3,6H2. The second-order valence-electron chi connectivity index (χ2n) is 4.35. The predicted molar refractivity (Wildman–Crippen MR) is 75.9 cm³/mol. The second-order valence-corrected chi connectivity index (χ2v) is 5.44. The fourth-order valence-electron chi connectivity index (χ4n) is 1.99. The van der Waals surface area contributed by atoms with Gasteiger partial charge in [0.1, 0.15) is 6.23 Å². The Morgan fingerprint density at radius 2 is 2.35 bits per heavy atom. The zero-order valence-electron chi connectivity index (χ0n) is 10.5. The van der Waals surface area contributed by atoms with E-state index in [1.807, 2.05) is 0 Å². The van der Waals surface area contributed by atoms with Crippen molar-refractivity contribution >= 4 is 27.5 Å². The lowest BCUT2D eigenvalue weighted by Gasteiger charge is -2.22. The number of ether oxygens (including phenoxy) is 2. The van der Waals surface area contributed by atoms with Crippen LogP contribution >= 0.6 is 27.5 Å². The van der Waals surface area contributed by atoms with E-state index < -0.39 is 0 Å². The second kappa shape index (κ2) is 6.07. The lowest BCUT2D eigenvalue weighted by Crippen LogP contribution is -2.18. The van der Waals surface area contributed by atoms with Gasteiger partial charge in [0.05, 0.1) is 6.20 Å². The van der Waals surface area contributed by atoms with Gasteiger partial charge in [-0.05, 0) is 46.8 Å². The Hall–Kier alpha value is -1.18. The molecule has 2 aromatic rings. The summed E-state index contributed by atoms with van der Waals surface area (Å²) in [6.07, 6.45) is 6.48. The molecule has 0 radical (unpaired) electrons. The number of hydrogen-bond donors (Lipinski definition) is 0. The van der Waals surface area contributed by atoms with Gasteiger partial charge in [0.25, 0.3) is 0 Å². The quantitative estimate of drug-likeness (QED) is 0.784. The minimum atomic E-state index is -0.0358. The molecule has 0 spiro atoms. The smallest absolute Gasteiger partial charge is 0.225 e. The molecule has 1 atom stereocenters. The Labute approximate surface area is 129 Å². The van der Waals surface area contributed by atoms with Crippen molar-refractivity contribution in [2.45, 2.75) is 25.5 Å². The maximum Gasteiger partial charge on any atom is 0.225 e. The molecule has 0 N–H and O–H groups in total. The number of halogens is 2. The molecule has 2 aromatic heterocycles. The molecule has 1 unspecified atom stereocenters. The summed E-state index contributed by atoms with van der Waals surface area (Å²) in [5.74, 6) is 0.934. The Morgan fingerprint density at radius 1 is 1.45 bits per heavy atom. The van der Waals surface area contributed by atoms with Gasteiger partial charge >= 0.3 is 0 Å². The molecule has 3 heterocycles. The Kier molecular flexibility index (Phi) is 4.18. The van der Waals surface area contributed by atoms with Gasteiger partial charge in [-0.3, -0.25) is 0 Å². The monoisotopic (exact) mass is 358 g/mol. The van der Waals surface area contributed by atoms with Gasteiger partial charge in [0, 0.05) is 18.9 Å². The zero-order valence-corrected chi connectivity index (χ0v) is 12.8.